The highest BCUT2D eigenvalue weighted by molar-refractivity contribution is 7.99. The van der Waals surface area contributed by atoms with Gasteiger partial charge in [0.1, 0.15) is 0 Å². The molecule has 0 saturated carbocycles. The Morgan fingerprint density at radius 1 is 0.964 bits per heavy atom. The topological polar surface area (TPSA) is 86.6 Å². The Kier molecular flexibility index (Phi) is 11.7. The van der Waals surface area contributed by atoms with Gasteiger partial charge in [-0.2, -0.15) is 0 Å². The van der Waals surface area contributed by atoms with Crippen LogP contribution < -0.4 is 5.32 Å². The van der Waals surface area contributed by atoms with Crippen LogP contribution in [0.1, 0.15) is 42.6 Å². The molecule has 0 aliphatic rings. The summed E-state index contributed by atoms with van der Waals surface area (Å²) in [4.78, 5) is 20.7. The van der Waals surface area contributed by atoms with Crippen LogP contribution in [0.25, 0.3) is 0 Å². The maximum absolute atomic E-state index is 9.64. The molecule has 3 N–H and O–H groups in total. The summed E-state index contributed by atoms with van der Waals surface area (Å²) in [6.45, 7) is 3.27. The van der Waals surface area contributed by atoms with Gasteiger partial charge in [0.05, 0.1) is 12.8 Å². The first kappa shape index (κ1) is 23.7. The van der Waals surface area contributed by atoms with Crippen LogP contribution >= 0.6 is 11.8 Å². The van der Waals surface area contributed by atoms with Crippen LogP contribution in [0.3, 0.4) is 0 Å². The minimum absolute atomic E-state index is 0.296. The molecule has 0 heterocycles. The largest absolute Gasteiger partial charge is 0.481 e. The van der Waals surface area contributed by atoms with Gasteiger partial charge in [-0.1, -0.05) is 55.5 Å². The third-order valence-electron chi connectivity index (χ3n) is 4.00. The molecule has 0 aliphatic heterocycles. The summed E-state index contributed by atoms with van der Waals surface area (Å²) in [6.07, 6.45) is 1.64. The first-order chi connectivity index (χ1) is 13.5. The van der Waals surface area contributed by atoms with Gasteiger partial charge in [0.2, 0.25) is 0 Å². The van der Waals surface area contributed by atoms with E-state index in [9.17, 15) is 9.59 Å². The highest BCUT2D eigenvalue weighted by Gasteiger charge is 2.14. The molecule has 0 aliphatic carbocycles. The second-order valence-corrected chi connectivity index (χ2v) is 7.40. The SMILES string of the molecule is CCc1ccccc1SC(CCNC)c1ccccc1.O=C(O)CCC(=O)O. The highest BCUT2D eigenvalue weighted by Crippen LogP contribution is 2.39. The molecule has 5 nitrogen and oxygen atoms in total. The summed E-state index contributed by atoms with van der Waals surface area (Å²) in [7, 11) is 2.02. The Labute approximate surface area is 171 Å². The van der Waals surface area contributed by atoms with Crippen LogP contribution in [-0.2, 0) is 16.0 Å². The lowest BCUT2D eigenvalue weighted by Crippen LogP contribution is -2.11. The Balaban J connectivity index is 0.000000416. The minimum atomic E-state index is -1.08. The van der Waals surface area contributed by atoms with E-state index in [0.717, 1.165) is 19.4 Å². The van der Waals surface area contributed by atoms with Crippen LogP contribution in [0.2, 0.25) is 0 Å². The van der Waals surface area contributed by atoms with Crippen LogP contribution in [0.15, 0.2) is 59.5 Å². The monoisotopic (exact) mass is 403 g/mol. The number of aryl methyl sites for hydroxylation is 1. The second-order valence-electron chi connectivity index (χ2n) is 6.16. The third-order valence-corrected chi connectivity index (χ3v) is 5.45. The first-order valence-electron chi connectivity index (χ1n) is 9.35. The average Bonchev–Trinajstić information content (AvgIpc) is 2.71. The van der Waals surface area contributed by atoms with Crippen LogP contribution in [0, 0.1) is 0 Å². The van der Waals surface area contributed by atoms with E-state index in [1.165, 1.54) is 16.0 Å². The standard InChI is InChI=1S/C18H23NS.C4H6O4/c1-3-15-9-7-8-12-17(15)20-18(13-14-19-2)16-10-5-4-6-11-16;5-3(6)1-2-4(7)8/h4-12,18-19H,3,13-14H2,1-2H3;1-2H2,(H,5,6)(H,7,8). The van der Waals surface area contributed by atoms with Gasteiger partial charge in [-0.05, 0) is 43.6 Å². The van der Waals surface area contributed by atoms with Crippen molar-refractivity contribution in [2.75, 3.05) is 13.6 Å². The number of nitrogens with one attached hydrogen (secondary N) is 1. The van der Waals surface area contributed by atoms with E-state index in [2.05, 4.69) is 66.8 Å². The molecule has 28 heavy (non-hydrogen) atoms. The molecule has 0 bridgehead atoms. The Bertz CT molecular complexity index is 707. The summed E-state index contributed by atoms with van der Waals surface area (Å²) >= 11 is 1.99. The number of thioether (sulfide) groups is 1. The van der Waals surface area contributed by atoms with Gasteiger partial charge in [-0.15, -0.1) is 11.8 Å². The van der Waals surface area contributed by atoms with Gasteiger partial charge in [-0.25, -0.2) is 0 Å². The lowest BCUT2D eigenvalue weighted by molar-refractivity contribution is -0.143. The molecular formula is C22H29NO4S. The van der Waals surface area contributed by atoms with E-state index < -0.39 is 11.9 Å². The number of hydrogen-bond acceptors (Lipinski definition) is 4. The van der Waals surface area contributed by atoms with Crippen molar-refractivity contribution in [3.63, 3.8) is 0 Å². The minimum Gasteiger partial charge on any atom is -0.481 e. The molecule has 152 valence electrons. The van der Waals surface area contributed by atoms with Crippen molar-refractivity contribution in [3.05, 3.63) is 65.7 Å². The molecular weight excluding hydrogens is 374 g/mol. The number of carbonyl (C=O) groups is 2. The van der Waals surface area contributed by atoms with Crippen molar-refractivity contribution in [2.45, 2.75) is 42.8 Å². The Morgan fingerprint density at radius 3 is 2.07 bits per heavy atom. The molecule has 1 atom stereocenters. The number of carboxylic acids is 2. The van der Waals surface area contributed by atoms with E-state index in [1.807, 2.05) is 18.8 Å². The fourth-order valence-corrected chi connectivity index (χ4v) is 3.87. The Morgan fingerprint density at radius 2 is 1.54 bits per heavy atom. The summed E-state index contributed by atoms with van der Waals surface area (Å²) < 4.78 is 0. The van der Waals surface area contributed by atoms with Crippen molar-refractivity contribution in [3.8, 4) is 0 Å². The van der Waals surface area contributed by atoms with Gasteiger partial charge in [0, 0.05) is 10.1 Å². The van der Waals surface area contributed by atoms with Gasteiger partial charge < -0.3 is 15.5 Å². The predicted molar refractivity (Wildman–Crippen MR) is 114 cm³/mol. The summed E-state index contributed by atoms with van der Waals surface area (Å²) in [5.41, 5.74) is 2.86. The summed E-state index contributed by atoms with van der Waals surface area (Å²) in [6, 6.07) is 19.6. The van der Waals surface area contributed by atoms with Gasteiger partial charge in [0.25, 0.3) is 0 Å². The van der Waals surface area contributed by atoms with Gasteiger partial charge in [0.15, 0.2) is 0 Å². The highest BCUT2D eigenvalue weighted by atomic mass is 32.2. The predicted octanol–water partition coefficient (Wildman–Crippen LogP) is 4.63. The number of carboxylic acid groups (broad SMARTS) is 2. The van der Waals surface area contributed by atoms with Crippen LogP contribution in [0.5, 0.6) is 0 Å². The summed E-state index contributed by atoms with van der Waals surface area (Å²) in [5, 5.41) is 19.6. The molecule has 1 unspecified atom stereocenters. The van der Waals surface area contributed by atoms with Gasteiger partial charge in [-0.3, -0.25) is 9.59 Å². The molecule has 0 amide bonds. The van der Waals surface area contributed by atoms with E-state index in [0.29, 0.717) is 5.25 Å². The maximum Gasteiger partial charge on any atom is 0.303 e. The fraction of sp³-hybridized carbons (Fsp3) is 0.364. The molecule has 0 aromatic heterocycles. The van der Waals surface area contributed by atoms with Crippen LogP contribution in [0.4, 0.5) is 0 Å². The van der Waals surface area contributed by atoms with Crippen molar-refractivity contribution in [1.82, 2.24) is 5.32 Å². The van der Waals surface area contributed by atoms with Crippen molar-refractivity contribution >= 4 is 23.7 Å². The third kappa shape index (κ3) is 9.58. The van der Waals surface area contributed by atoms with Crippen molar-refractivity contribution in [1.29, 1.82) is 0 Å². The number of hydrogen-bond donors (Lipinski definition) is 3. The van der Waals surface area contributed by atoms with Crippen molar-refractivity contribution < 1.29 is 19.8 Å². The summed E-state index contributed by atoms with van der Waals surface area (Å²) in [5.74, 6) is -2.15. The number of benzene rings is 2. The van der Waals surface area contributed by atoms with Crippen LogP contribution in [-0.4, -0.2) is 35.7 Å². The zero-order valence-electron chi connectivity index (χ0n) is 16.4. The number of rotatable bonds is 10. The van der Waals surface area contributed by atoms with E-state index in [-0.39, 0.29) is 12.8 Å². The smallest absolute Gasteiger partial charge is 0.303 e. The molecule has 2 aromatic carbocycles. The lowest BCUT2D eigenvalue weighted by Gasteiger charge is -2.18. The Hall–Kier alpha value is -2.31. The maximum atomic E-state index is 9.64. The van der Waals surface area contributed by atoms with E-state index in [1.54, 1.807) is 0 Å². The molecule has 6 heteroatoms. The first-order valence-corrected chi connectivity index (χ1v) is 10.2. The molecule has 0 spiro atoms. The van der Waals surface area contributed by atoms with E-state index >= 15 is 0 Å². The molecule has 2 rings (SSSR count). The molecule has 0 saturated heterocycles. The second kappa shape index (κ2) is 13.8. The number of aliphatic carboxylic acids is 2. The molecule has 0 fully saturated rings. The molecule has 0 radical (unpaired) electrons. The van der Waals surface area contributed by atoms with Crippen molar-refractivity contribution in [2.24, 2.45) is 0 Å². The van der Waals surface area contributed by atoms with E-state index in [4.69, 9.17) is 10.2 Å². The average molecular weight is 404 g/mol. The zero-order chi connectivity index (χ0) is 20.8. The van der Waals surface area contributed by atoms with Gasteiger partial charge >= 0.3 is 11.9 Å². The fourth-order valence-electron chi connectivity index (χ4n) is 2.51. The quantitative estimate of drug-likeness (QED) is 0.502. The normalized spacial score (nSPS) is 11.2. The lowest BCUT2D eigenvalue weighted by atomic mass is 10.1. The molecule has 2 aromatic rings. The zero-order valence-corrected chi connectivity index (χ0v) is 17.2.